The third kappa shape index (κ3) is 5.67. The number of ether oxygens (including phenoxy) is 3. The molecule has 10 nitrogen and oxygen atoms in total. The van der Waals surface area contributed by atoms with Gasteiger partial charge in [-0.2, -0.15) is 0 Å². The van der Waals surface area contributed by atoms with Crippen molar-refractivity contribution in [2.24, 2.45) is 0 Å². The van der Waals surface area contributed by atoms with Gasteiger partial charge in [0.1, 0.15) is 12.4 Å². The summed E-state index contributed by atoms with van der Waals surface area (Å²) in [6.45, 7) is -0.641. The maximum absolute atomic E-state index is 14.2. The third-order valence-corrected chi connectivity index (χ3v) is 7.44. The molecule has 3 aromatic rings. The number of hydrogen-bond donors (Lipinski definition) is 1. The lowest BCUT2D eigenvalue weighted by molar-refractivity contribution is -0.763. The number of rotatable bonds is 9. The molecule has 0 unspecified atom stereocenters. The predicted molar refractivity (Wildman–Crippen MR) is 146 cm³/mol. The van der Waals surface area contributed by atoms with Crippen molar-refractivity contribution in [1.29, 1.82) is 0 Å². The molecule has 1 N–H and O–H groups in total. The molecule has 0 spiro atoms. The van der Waals surface area contributed by atoms with Crippen molar-refractivity contribution in [2.45, 2.75) is 30.4 Å². The number of amides is 1. The number of halogens is 1. The number of carbonyl (C=O) groups excluding carboxylic acids is 1. The second-order valence-electron chi connectivity index (χ2n) is 8.83. The smallest absolute Gasteiger partial charge is 0.294 e. The fraction of sp³-hybridized carbons (Fsp3) is 0.286. The monoisotopic (exact) mass is 570 g/mol. The first-order chi connectivity index (χ1) is 19.2. The van der Waals surface area contributed by atoms with Gasteiger partial charge >= 0.3 is 0 Å². The molecule has 1 aliphatic carbocycles. The summed E-state index contributed by atoms with van der Waals surface area (Å²) in [5.41, 5.74) is 2.57. The van der Waals surface area contributed by atoms with Crippen LogP contribution in [0.3, 0.4) is 0 Å². The maximum atomic E-state index is 14.2. The molecule has 0 aliphatic heterocycles. The van der Waals surface area contributed by atoms with Gasteiger partial charge in [0.05, 0.1) is 32.3 Å². The molecule has 0 saturated heterocycles. The second kappa shape index (κ2) is 12.2. The molecule has 1 aliphatic rings. The van der Waals surface area contributed by atoms with E-state index in [0.717, 1.165) is 17.2 Å². The molecule has 1 amide bonds. The zero-order chi connectivity index (χ0) is 29.0. The lowest BCUT2D eigenvalue weighted by Gasteiger charge is -2.20. The molecule has 0 heterocycles. The number of nitrogens with zero attached hydrogens (tertiary/aromatic N) is 1. The average molecular weight is 571 g/mol. The summed E-state index contributed by atoms with van der Waals surface area (Å²) >= 11 is 1.31. The Hall–Kier alpha value is -4.32. The first kappa shape index (κ1) is 28.7. The molecule has 12 heteroatoms. The number of carbonyl (C=O) groups is 1. The minimum Gasteiger partial charge on any atom is -0.493 e. The van der Waals surface area contributed by atoms with Crippen molar-refractivity contribution in [3.8, 4) is 28.4 Å². The fourth-order valence-electron chi connectivity index (χ4n) is 4.81. The van der Waals surface area contributed by atoms with E-state index >= 15 is 0 Å². The van der Waals surface area contributed by atoms with Gasteiger partial charge in [0.15, 0.2) is 16.9 Å². The van der Waals surface area contributed by atoms with E-state index in [1.54, 1.807) is 12.3 Å². The largest absolute Gasteiger partial charge is 0.493 e. The molecule has 0 saturated carbocycles. The quantitative estimate of drug-likeness (QED) is 0.221. The van der Waals surface area contributed by atoms with E-state index in [-0.39, 0.29) is 16.6 Å². The van der Waals surface area contributed by atoms with Gasteiger partial charge in [-0.1, -0.05) is 6.07 Å². The normalized spacial score (nSPS) is 13.8. The van der Waals surface area contributed by atoms with E-state index in [0.29, 0.717) is 46.1 Å². The van der Waals surface area contributed by atoms with Crippen LogP contribution in [0.15, 0.2) is 52.2 Å². The zero-order valence-electron chi connectivity index (χ0n) is 22.2. The van der Waals surface area contributed by atoms with Crippen LogP contribution in [0.2, 0.25) is 0 Å². The summed E-state index contributed by atoms with van der Waals surface area (Å²) in [5, 5.41) is 12.5. The topological polar surface area (TPSA) is 126 Å². The second-order valence-corrected chi connectivity index (χ2v) is 9.67. The minimum absolute atomic E-state index is 0.0834. The molecule has 3 aromatic carbocycles. The summed E-state index contributed by atoms with van der Waals surface area (Å²) < 4.78 is 31.1. The van der Waals surface area contributed by atoms with Crippen molar-refractivity contribution >= 4 is 17.7 Å². The van der Waals surface area contributed by atoms with Gasteiger partial charge in [-0.15, -0.1) is 21.9 Å². The molecular formula is C28H27FN2O8S. The Labute approximate surface area is 233 Å². The number of thioether (sulfide) groups is 1. The molecular weight excluding hydrogens is 543 g/mol. The van der Waals surface area contributed by atoms with Crippen LogP contribution < -0.4 is 25.0 Å². The Balaban J connectivity index is 1.84. The van der Waals surface area contributed by atoms with E-state index < -0.39 is 29.5 Å². The van der Waals surface area contributed by atoms with Crippen LogP contribution in [0.5, 0.6) is 17.2 Å². The highest BCUT2D eigenvalue weighted by molar-refractivity contribution is 7.98. The SMILES string of the molecule is COc1cc2c(c(OC)c1OC)-c1ccc(SC)c(=O)cc1[C@@H](NC(=O)c1ccc(F)c(CO[N+](=O)[O-])c1)CC2. The molecule has 0 aromatic heterocycles. The number of nitrogens with one attached hydrogen (secondary N) is 1. The van der Waals surface area contributed by atoms with Gasteiger partial charge in [-0.05, 0) is 72.2 Å². The molecule has 1 atom stereocenters. The molecule has 40 heavy (non-hydrogen) atoms. The van der Waals surface area contributed by atoms with Crippen molar-refractivity contribution in [3.05, 3.63) is 90.9 Å². The van der Waals surface area contributed by atoms with E-state index in [9.17, 15) is 24.1 Å². The van der Waals surface area contributed by atoms with Gasteiger partial charge < -0.3 is 24.4 Å². The first-order valence-electron chi connectivity index (χ1n) is 12.1. The lowest BCUT2D eigenvalue weighted by Crippen LogP contribution is -2.29. The van der Waals surface area contributed by atoms with Crippen LogP contribution in [-0.4, -0.2) is 38.6 Å². The van der Waals surface area contributed by atoms with E-state index in [2.05, 4.69) is 10.2 Å². The first-order valence-corrected chi connectivity index (χ1v) is 13.4. The van der Waals surface area contributed by atoms with Gasteiger partial charge in [-0.3, -0.25) is 9.59 Å². The minimum atomic E-state index is -1.03. The highest BCUT2D eigenvalue weighted by Crippen LogP contribution is 2.50. The number of methoxy groups -OCH3 is 3. The summed E-state index contributed by atoms with van der Waals surface area (Å²) in [4.78, 5) is 41.8. The fourth-order valence-corrected chi connectivity index (χ4v) is 5.27. The Morgan fingerprint density at radius 1 is 1.10 bits per heavy atom. The Morgan fingerprint density at radius 2 is 1.85 bits per heavy atom. The average Bonchev–Trinajstić information content (AvgIpc) is 3.19. The third-order valence-electron chi connectivity index (χ3n) is 6.66. The van der Waals surface area contributed by atoms with Crippen LogP contribution in [0, 0.1) is 15.9 Å². The highest BCUT2D eigenvalue weighted by atomic mass is 32.2. The van der Waals surface area contributed by atoms with Gasteiger partial charge in [0.2, 0.25) is 5.75 Å². The molecule has 210 valence electrons. The summed E-state index contributed by atoms with van der Waals surface area (Å²) in [6, 6.07) is 9.84. The lowest BCUT2D eigenvalue weighted by atomic mass is 9.95. The zero-order valence-corrected chi connectivity index (χ0v) is 23.1. The van der Waals surface area contributed by atoms with E-state index in [1.807, 2.05) is 12.1 Å². The molecule has 4 rings (SSSR count). The van der Waals surface area contributed by atoms with Crippen molar-refractivity contribution in [3.63, 3.8) is 0 Å². The van der Waals surface area contributed by atoms with Crippen molar-refractivity contribution < 1.29 is 33.3 Å². The number of aryl methyl sites for hydroxylation is 1. The van der Waals surface area contributed by atoms with Crippen molar-refractivity contribution in [2.75, 3.05) is 27.6 Å². The van der Waals surface area contributed by atoms with E-state index in [1.165, 1.54) is 51.3 Å². The molecule has 0 bridgehead atoms. The standard InChI is InChI=1S/C28H27FN2O8S/c1-36-23-12-15-6-9-21(30-28(33)16-5-8-20(29)17(11-16)14-39-31(34)35)19-13-22(32)24(40-4)10-7-18(19)25(15)27(38-3)26(23)37-2/h5,7-8,10-13,21H,6,9,14H2,1-4H3,(H,30,33)/t21-/m0/s1. The van der Waals surface area contributed by atoms with Gasteiger partial charge in [0.25, 0.3) is 11.0 Å². The van der Waals surface area contributed by atoms with Crippen LogP contribution in [-0.2, 0) is 17.9 Å². The van der Waals surface area contributed by atoms with Crippen LogP contribution >= 0.6 is 11.8 Å². The number of benzene rings is 2. The van der Waals surface area contributed by atoms with E-state index in [4.69, 9.17) is 14.2 Å². The summed E-state index contributed by atoms with van der Waals surface area (Å²) in [7, 11) is 4.55. The summed E-state index contributed by atoms with van der Waals surface area (Å²) in [5.74, 6) is 0.0227. The molecule has 0 fully saturated rings. The molecule has 0 radical (unpaired) electrons. The van der Waals surface area contributed by atoms with Crippen molar-refractivity contribution in [1.82, 2.24) is 5.32 Å². The predicted octanol–water partition coefficient (Wildman–Crippen LogP) is 4.73. The number of hydrogen-bond acceptors (Lipinski definition) is 9. The van der Waals surface area contributed by atoms with Gasteiger partial charge in [0, 0.05) is 16.7 Å². The van der Waals surface area contributed by atoms with Crippen LogP contribution in [0.1, 0.15) is 39.5 Å². The highest BCUT2D eigenvalue weighted by Gasteiger charge is 2.30. The Bertz CT molecular complexity index is 1530. The van der Waals surface area contributed by atoms with Crippen LogP contribution in [0.4, 0.5) is 4.39 Å². The summed E-state index contributed by atoms with van der Waals surface area (Å²) in [6.07, 6.45) is 2.71. The number of fused-ring (bicyclic) bond motifs is 3. The maximum Gasteiger partial charge on any atom is 0.294 e. The van der Waals surface area contributed by atoms with Gasteiger partial charge in [-0.25, -0.2) is 4.39 Å². The Morgan fingerprint density at radius 3 is 2.50 bits per heavy atom. The van der Waals surface area contributed by atoms with Crippen LogP contribution in [0.25, 0.3) is 11.1 Å². The Kier molecular flexibility index (Phi) is 8.78.